The van der Waals surface area contributed by atoms with Gasteiger partial charge in [0.25, 0.3) is 0 Å². The number of carbonyl (C=O) groups is 1. The van der Waals surface area contributed by atoms with Gasteiger partial charge in [0.15, 0.2) is 0 Å². The van der Waals surface area contributed by atoms with Crippen LogP contribution in [0, 0.1) is 0 Å². The third kappa shape index (κ3) is 4.49. The number of nitrogens with one attached hydrogen (secondary N) is 1. The summed E-state index contributed by atoms with van der Waals surface area (Å²) in [4.78, 5) is 12.1. The molecule has 0 aliphatic rings. The van der Waals surface area contributed by atoms with Crippen LogP contribution in [0.3, 0.4) is 0 Å². The molecular formula is C18H19NO2. The minimum Gasteiger partial charge on any atom is -0.458 e. The van der Waals surface area contributed by atoms with E-state index < -0.39 is 0 Å². The van der Waals surface area contributed by atoms with Crippen LogP contribution in [0.2, 0.25) is 0 Å². The van der Waals surface area contributed by atoms with Crippen molar-refractivity contribution in [2.75, 3.05) is 18.5 Å². The van der Waals surface area contributed by atoms with Gasteiger partial charge in [0, 0.05) is 12.2 Å². The molecule has 0 saturated heterocycles. The first kappa shape index (κ1) is 14.9. The Morgan fingerprint density at radius 1 is 1.10 bits per heavy atom. The maximum absolute atomic E-state index is 12.1. The molecule has 0 heterocycles. The Labute approximate surface area is 125 Å². The summed E-state index contributed by atoms with van der Waals surface area (Å²) in [5.74, 6) is -0.315. The van der Waals surface area contributed by atoms with Crippen LogP contribution in [-0.2, 0) is 4.74 Å². The predicted octanol–water partition coefficient (Wildman–Crippen LogP) is 3.99. The van der Waals surface area contributed by atoms with Crippen molar-refractivity contribution in [1.29, 1.82) is 0 Å². The lowest BCUT2D eigenvalue weighted by Crippen LogP contribution is -2.09. The van der Waals surface area contributed by atoms with E-state index in [-0.39, 0.29) is 12.6 Å². The summed E-state index contributed by atoms with van der Waals surface area (Å²) in [7, 11) is 0. The van der Waals surface area contributed by atoms with Crippen LogP contribution in [0.25, 0.3) is 6.08 Å². The summed E-state index contributed by atoms with van der Waals surface area (Å²) < 4.78 is 5.27. The van der Waals surface area contributed by atoms with Gasteiger partial charge in [-0.05, 0) is 30.7 Å². The monoisotopic (exact) mass is 281 g/mol. The second-order valence-electron chi connectivity index (χ2n) is 4.49. The molecule has 21 heavy (non-hydrogen) atoms. The smallest absolute Gasteiger partial charge is 0.340 e. The summed E-state index contributed by atoms with van der Waals surface area (Å²) in [6.07, 6.45) is 3.77. The third-order valence-corrected chi connectivity index (χ3v) is 2.93. The first-order valence-corrected chi connectivity index (χ1v) is 7.03. The highest BCUT2D eigenvalue weighted by Gasteiger charge is 2.10. The molecule has 3 heteroatoms. The lowest BCUT2D eigenvalue weighted by Gasteiger charge is -2.09. The number of para-hydroxylation sites is 1. The molecule has 0 fully saturated rings. The highest BCUT2D eigenvalue weighted by Crippen LogP contribution is 2.15. The van der Waals surface area contributed by atoms with Gasteiger partial charge in [0.1, 0.15) is 6.61 Å². The Morgan fingerprint density at radius 3 is 2.57 bits per heavy atom. The van der Waals surface area contributed by atoms with E-state index in [0.717, 1.165) is 17.8 Å². The van der Waals surface area contributed by atoms with Crippen LogP contribution in [0.5, 0.6) is 0 Å². The van der Waals surface area contributed by atoms with E-state index in [0.29, 0.717) is 5.56 Å². The predicted molar refractivity (Wildman–Crippen MR) is 86.4 cm³/mol. The number of carbonyl (C=O) groups excluding carboxylic acids is 1. The largest absolute Gasteiger partial charge is 0.458 e. The molecule has 0 saturated carbocycles. The zero-order chi connectivity index (χ0) is 14.9. The molecule has 3 nitrogen and oxygen atoms in total. The van der Waals surface area contributed by atoms with Gasteiger partial charge in [-0.25, -0.2) is 4.79 Å². The van der Waals surface area contributed by atoms with Crippen molar-refractivity contribution in [2.24, 2.45) is 0 Å². The molecule has 0 amide bonds. The van der Waals surface area contributed by atoms with E-state index in [9.17, 15) is 4.79 Å². The van der Waals surface area contributed by atoms with Crippen molar-refractivity contribution in [3.8, 4) is 0 Å². The van der Waals surface area contributed by atoms with Gasteiger partial charge < -0.3 is 10.1 Å². The minimum absolute atomic E-state index is 0.258. The van der Waals surface area contributed by atoms with E-state index >= 15 is 0 Å². The van der Waals surface area contributed by atoms with Crippen LogP contribution in [0.4, 0.5) is 5.69 Å². The zero-order valence-electron chi connectivity index (χ0n) is 12.1. The summed E-state index contributed by atoms with van der Waals surface area (Å²) in [5.41, 5.74) is 2.45. The molecular weight excluding hydrogens is 262 g/mol. The van der Waals surface area contributed by atoms with Gasteiger partial charge in [-0.2, -0.15) is 0 Å². The Hall–Kier alpha value is -2.55. The van der Waals surface area contributed by atoms with Crippen molar-refractivity contribution >= 4 is 17.7 Å². The highest BCUT2D eigenvalue weighted by molar-refractivity contribution is 5.95. The average molecular weight is 281 g/mol. The maximum atomic E-state index is 12.1. The SMILES string of the molecule is CCNc1ccccc1C(=O)OCC=Cc1ccccc1. The molecule has 0 bridgehead atoms. The lowest BCUT2D eigenvalue weighted by atomic mass is 10.2. The summed E-state index contributed by atoms with van der Waals surface area (Å²) in [5, 5.41) is 3.15. The zero-order valence-corrected chi connectivity index (χ0v) is 12.1. The molecule has 0 unspecified atom stereocenters. The number of anilines is 1. The van der Waals surface area contributed by atoms with Gasteiger partial charge in [-0.1, -0.05) is 48.5 Å². The van der Waals surface area contributed by atoms with Gasteiger partial charge in [-0.3, -0.25) is 0 Å². The van der Waals surface area contributed by atoms with Gasteiger partial charge in [0.2, 0.25) is 0 Å². The van der Waals surface area contributed by atoms with Crippen molar-refractivity contribution in [1.82, 2.24) is 0 Å². The van der Waals surface area contributed by atoms with Crippen molar-refractivity contribution in [2.45, 2.75) is 6.92 Å². The third-order valence-electron chi connectivity index (χ3n) is 2.93. The lowest BCUT2D eigenvalue weighted by molar-refractivity contribution is 0.0551. The Kier molecular flexibility index (Phi) is 5.59. The van der Waals surface area contributed by atoms with Crippen molar-refractivity contribution < 1.29 is 9.53 Å². The average Bonchev–Trinajstić information content (AvgIpc) is 2.53. The highest BCUT2D eigenvalue weighted by atomic mass is 16.5. The fourth-order valence-electron chi connectivity index (χ4n) is 1.96. The Morgan fingerprint density at radius 2 is 1.81 bits per heavy atom. The number of rotatable bonds is 6. The molecule has 2 aromatic carbocycles. The summed E-state index contributed by atoms with van der Waals surface area (Å²) >= 11 is 0. The topological polar surface area (TPSA) is 38.3 Å². The Bertz CT molecular complexity index is 606. The molecule has 0 spiro atoms. The number of esters is 1. The molecule has 0 aliphatic carbocycles. The molecule has 0 aliphatic heterocycles. The van der Waals surface area contributed by atoms with E-state index in [1.165, 1.54) is 0 Å². The second kappa shape index (κ2) is 7.90. The fourth-order valence-corrected chi connectivity index (χ4v) is 1.96. The molecule has 0 atom stereocenters. The number of hydrogen-bond donors (Lipinski definition) is 1. The quantitative estimate of drug-likeness (QED) is 0.814. The van der Waals surface area contributed by atoms with Gasteiger partial charge in [-0.15, -0.1) is 0 Å². The molecule has 1 N–H and O–H groups in total. The number of benzene rings is 2. The van der Waals surface area contributed by atoms with Crippen LogP contribution < -0.4 is 5.32 Å². The molecule has 2 aromatic rings. The standard InChI is InChI=1S/C18H19NO2/c1-2-19-17-13-7-6-12-16(17)18(20)21-14-8-11-15-9-4-3-5-10-15/h3-13,19H,2,14H2,1H3. The second-order valence-corrected chi connectivity index (χ2v) is 4.49. The van der Waals surface area contributed by atoms with Crippen LogP contribution in [-0.4, -0.2) is 19.1 Å². The Balaban J connectivity index is 1.92. The van der Waals surface area contributed by atoms with Crippen LogP contribution in [0.15, 0.2) is 60.7 Å². The minimum atomic E-state index is -0.315. The van der Waals surface area contributed by atoms with Crippen molar-refractivity contribution in [3.63, 3.8) is 0 Å². The number of ether oxygens (including phenoxy) is 1. The van der Waals surface area contributed by atoms with E-state index in [2.05, 4.69) is 5.32 Å². The van der Waals surface area contributed by atoms with Crippen LogP contribution >= 0.6 is 0 Å². The first-order chi connectivity index (χ1) is 10.3. The van der Waals surface area contributed by atoms with Gasteiger partial charge in [0.05, 0.1) is 5.56 Å². The van der Waals surface area contributed by atoms with E-state index in [1.807, 2.05) is 67.6 Å². The molecule has 108 valence electrons. The molecule has 0 radical (unpaired) electrons. The van der Waals surface area contributed by atoms with E-state index in [4.69, 9.17) is 4.74 Å². The summed E-state index contributed by atoms with van der Waals surface area (Å²) in [6.45, 7) is 3.01. The maximum Gasteiger partial charge on any atom is 0.340 e. The summed E-state index contributed by atoms with van der Waals surface area (Å²) in [6, 6.07) is 17.3. The normalized spacial score (nSPS) is 10.5. The van der Waals surface area contributed by atoms with Crippen LogP contribution in [0.1, 0.15) is 22.8 Å². The van der Waals surface area contributed by atoms with E-state index in [1.54, 1.807) is 6.07 Å². The van der Waals surface area contributed by atoms with Crippen molar-refractivity contribution in [3.05, 3.63) is 71.8 Å². The molecule has 2 rings (SSSR count). The molecule has 0 aromatic heterocycles. The van der Waals surface area contributed by atoms with Gasteiger partial charge >= 0.3 is 5.97 Å². The first-order valence-electron chi connectivity index (χ1n) is 7.03. The number of hydrogen-bond acceptors (Lipinski definition) is 3. The fraction of sp³-hybridized carbons (Fsp3) is 0.167.